The first kappa shape index (κ1) is 99.8. The molecular weight excluding hydrogens is 1690 g/mol. The van der Waals surface area contributed by atoms with Crippen molar-refractivity contribution in [1.82, 2.24) is 59.3 Å². The third-order valence-corrected chi connectivity index (χ3v) is 27.2. The molecule has 15 atom stereocenters. The number of piperazine rings is 1. The van der Waals surface area contributed by atoms with Crippen LogP contribution in [-0.2, 0) is 113 Å². The van der Waals surface area contributed by atoms with E-state index in [-0.39, 0.29) is 61.7 Å². The van der Waals surface area contributed by atoms with Gasteiger partial charge in [0.15, 0.2) is 11.4 Å². The third-order valence-electron chi connectivity index (χ3n) is 27.2. The molecule has 3 amide bonds. The topological polar surface area (TPSA) is 402 Å². The maximum atomic E-state index is 14.9. The van der Waals surface area contributed by atoms with E-state index >= 15 is 0 Å². The number of Topliss-reactive ketones (excluding diaryl/α,β-unsaturated/α-hetero) is 3. The standard InChI is InChI=1S/C98H136N14O20/c1-62-16-12-11-13-17-63(2)81(122-8)54-76-23-19-68(7)98(121,132-76)90(117)94(118)111-30-15-14-18-78(111)95(119)130-82(55-79(113)64(3)49-67(6)88(116)89(124-10)87(115)66(5)48-62)65(4)50-69-21-24-80(83(52-69)123-9)131-97(120)110-32-27-77-75(60-110)57-102-96(105-77)108-35-33-107(34-36-108)37-39-126-41-43-128-45-47-129-46-44-127-42-40-125-38-28-84(114)109-31-26-71-51-70(20-22-73(71)59-109)58-112-93-85(91(99)103-61-104-93)86(106-112)74-53-72-25-29-100-92(72)101-56-74/h11-13,16-17,20,22,25,29,49,51,53,56-57,61-62,64-66,68-69,76,78,80-83,88-89,116,121H,14-15,18-19,21,23-24,26-28,30-48,50,52,54-55,58-60H2,1-10H3,(H,100,101)(H2,99,103,104)/b13-11+,16-12+,63-17+,67-49+/t62-,64-,65-,66-,68-,69+,76+,78+,80-,81+,82+,83-,88-,89+,98-/m1/s1. The predicted molar refractivity (Wildman–Crippen MR) is 492 cm³/mol. The normalized spacial score (nSPS) is 27.8. The second-order valence-corrected chi connectivity index (χ2v) is 36.7. The highest BCUT2D eigenvalue weighted by Crippen LogP contribution is 2.40. The summed E-state index contributed by atoms with van der Waals surface area (Å²) in [5, 5.41) is 30.5. The van der Waals surface area contributed by atoms with E-state index in [1.54, 1.807) is 52.2 Å². The fourth-order valence-corrected chi connectivity index (χ4v) is 19.2. The zero-order chi connectivity index (χ0) is 93.5. The number of fused-ring (bicyclic) bond motifs is 7. The highest BCUT2D eigenvalue weighted by molar-refractivity contribution is 6.39. The van der Waals surface area contributed by atoms with Crippen LogP contribution in [0.2, 0.25) is 0 Å². The molecule has 0 spiro atoms. The van der Waals surface area contributed by atoms with Crippen molar-refractivity contribution in [1.29, 1.82) is 0 Å². The van der Waals surface area contributed by atoms with E-state index in [1.807, 2.05) is 92.2 Å². The Morgan fingerprint density at radius 3 is 2.19 bits per heavy atom. The Morgan fingerprint density at radius 2 is 1.45 bits per heavy atom. The lowest BCUT2D eigenvalue weighted by Crippen LogP contribution is -2.61. The molecule has 34 heteroatoms. The first-order valence-corrected chi connectivity index (χ1v) is 47.2. The van der Waals surface area contributed by atoms with Crippen LogP contribution >= 0.6 is 0 Å². The highest BCUT2D eigenvalue weighted by atomic mass is 16.6. The number of allylic oxidation sites excluding steroid dienone is 6. The molecule has 1 saturated carbocycles. The number of nitrogens with two attached hydrogens (primary N) is 1. The molecule has 5 N–H and O–H groups in total. The average molecular weight is 1830 g/mol. The van der Waals surface area contributed by atoms with Gasteiger partial charge in [-0.05, 0) is 142 Å². The van der Waals surface area contributed by atoms with Crippen molar-refractivity contribution < 1.29 is 95.9 Å². The van der Waals surface area contributed by atoms with Gasteiger partial charge in [0.25, 0.3) is 11.7 Å². The number of hydrogen-bond acceptors (Lipinski definition) is 29. The number of aliphatic hydroxyl groups is 2. The number of aromatic nitrogens is 8. The van der Waals surface area contributed by atoms with E-state index in [0.717, 1.165) is 83.7 Å². The average Bonchev–Trinajstić information content (AvgIpc) is 1.78. The van der Waals surface area contributed by atoms with Gasteiger partial charge in [0.05, 0.1) is 115 Å². The number of nitrogens with one attached hydrogen (secondary N) is 1. The van der Waals surface area contributed by atoms with Crippen LogP contribution in [0.25, 0.3) is 33.3 Å². The second-order valence-electron chi connectivity index (χ2n) is 36.7. The van der Waals surface area contributed by atoms with E-state index in [2.05, 4.69) is 47.9 Å². The minimum atomic E-state index is -2.48. The number of hydrogen-bond donors (Lipinski definition) is 4. The molecule has 0 radical (unpaired) electrons. The van der Waals surface area contributed by atoms with Crippen LogP contribution in [-0.4, -0.2) is 305 Å². The lowest BCUT2D eigenvalue weighted by atomic mass is 9.78. The number of benzene rings is 1. The largest absolute Gasteiger partial charge is 0.460 e. The minimum absolute atomic E-state index is 0.0183. The number of cyclic esters (lactones) is 1. The first-order chi connectivity index (χ1) is 63.8. The zero-order valence-electron chi connectivity index (χ0n) is 78.4. The molecule has 6 aromatic rings. The highest BCUT2D eigenvalue weighted by Gasteiger charge is 2.53. The number of pyridine rings is 1. The number of ketones is 3. The van der Waals surface area contributed by atoms with E-state index < -0.39 is 102 Å². The van der Waals surface area contributed by atoms with Crippen LogP contribution in [0.1, 0.15) is 160 Å². The number of piperidine rings is 1. The lowest BCUT2D eigenvalue weighted by molar-refractivity contribution is -0.265. The van der Waals surface area contributed by atoms with Gasteiger partial charge >= 0.3 is 12.1 Å². The number of H-pyrrole nitrogens is 1. The minimum Gasteiger partial charge on any atom is -0.460 e. The van der Waals surface area contributed by atoms with Crippen LogP contribution in [0, 0.1) is 35.5 Å². The van der Waals surface area contributed by atoms with Crippen LogP contribution in [0.5, 0.6) is 0 Å². The van der Waals surface area contributed by atoms with Gasteiger partial charge in [-0.25, -0.2) is 39.2 Å². The molecule has 3 saturated heterocycles. The van der Waals surface area contributed by atoms with Gasteiger partial charge in [0.2, 0.25) is 17.6 Å². The van der Waals surface area contributed by atoms with Gasteiger partial charge in [0, 0.05) is 152 Å². The molecule has 718 valence electrons. The molecule has 13 rings (SSSR count). The molecule has 5 aromatic heterocycles. The summed E-state index contributed by atoms with van der Waals surface area (Å²) in [6.45, 7) is 23.2. The maximum Gasteiger partial charge on any atom is 0.410 e. The van der Waals surface area contributed by atoms with Gasteiger partial charge in [-0.1, -0.05) is 89.3 Å². The summed E-state index contributed by atoms with van der Waals surface area (Å²) in [4.78, 5) is 136. The molecule has 6 aliphatic heterocycles. The third kappa shape index (κ3) is 25.9. The molecule has 0 unspecified atom stereocenters. The molecule has 7 aliphatic rings. The number of aliphatic hydroxyl groups excluding tert-OH is 1. The quantitative estimate of drug-likeness (QED) is 0.0147. The first-order valence-electron chi connectivity index (χ1n) is 47.2. The van der Waals surface area contributed by atoms with Gasteiger partial charge in [-0.3, -0.25) is 28.9 Å². The van der Waals surface area contributed by atoms with Crippen molar-refractivity contribution in [2.75, 3.05) is 150 Å². The molecule has 2 bridgehead atoms. The van der Waals surface area contributed by atoms with Crippen molar-refractivity contribution in [2.24, 2.45) is 35.5 Å². The number of carbonyl (C=O) groups excluding carboxylic acids is 7. The Labute approximate surface area is 773 Å². The summed E-state index contributed by atoms with van der Waals surface area (Å²) in [6, 6.07) is 9.16. The Balaban J connectivity index is 0.497. The number of aromatic amines is 1. The number of anilines is 2. The molecule has 11 heterocycles. The Bertz CT molecular complexity index is 5030. The van der Waals surface area contributed by atoms with Crippen molar-refractivity contribution in [3.63, 3.8) is 0 Å². The Hall–Kier alpha value is -9.69. The summed E-state index contributed by atoms with van der Waals surface area (Å²) in [7, 11) is 4.54. The zero-order valence-corrected chi connectivity index (χ0v) is 78.4. The SMILES string of the molecule is CO[C@H]1C[C@@H]2CC[C@@H](C)[C@@](O)(O2)C(=O)C(=O)N2CCCC[C@H]2C(=O)O[C@H]([C@H](C)C[C@@H]2CC[C@@H](OC(=O)N3CCc4nc(N5CCN(CCOCCOCCOCCOCCOCCC(=O)N6CCc7cc(Cn8nc(-c9cnc%10[nH]ccc%10c9)c9c(N)ncnc98)ccc7C6)CC5)ncc4C3)[C@H](OC)C2)CC(=O)[C@H](C)/C=C(\C)[C@@H](O)[C@@H](OC)C(=O)[C@H](C)C[C@H](C)/C=C/C=C/C=C/1C. The van der Waals surface area contributed by atoms with Gasteiger partial charge < -0.3 is 92.6 Å². The van der Waals surface area contributed by atoms with Crippen molar-refractivity contribution >= 4 is 75.1 Å². The molecule has 1 aromatic carbocycles. The molecule has 1 aliphatic carbocycles. The number of esters is 1. The number of nitrogen functional groups attached to an aromatic ring is 1. The second kappa shape index (κ2) is 48.0. The van der Waals surface area contributed by atoms with Crippen LogP contribution in [0.15, 0.2) is 103 Å². The van der Waals surface area contributed by atoms with E-state index in [1.165, 1.54) is 23.9 Å². The van der Waals surface area contributed by atoms with E-state index in [4.69, 9.17) is 72.9 Å². The smallest absolute Gasteiger partial charge is 0.410 e. The van der Waals surface area contributed by atoms with Gasteiger partial charge in [-0.2, -0.15) is 5.10 Å². The van der Waals surface area contributed by atoms with Crippen LogP contribution in [0.3, 0.4) is 0 Å². The van der Waals surface area contributed by atoms with Crippen LogP contribution in [0.4, 0.5) is 16.6 Å². The monoisotopic (exact) mass is 1830 g/mol. The fraction of sp³-hybridized carbons (Fsp3) is 0.622. The Morgan fingerprint density at radius 1 is 0.712 bits per heavy atom. The van der Waals surface area contributed by atoms with Crippen molar-refractivity contribution in [3.8, 4) is 11.3 Å². The molecule has 34 nitrogen and oxygen atoms in total. The summed E-state index contributed by atoms with van der Waals surface area (Å²) in [6.07, 6.45) is 18.1. The number of ether oxygens (including phenoxy) is 11. The van der Waals surface area contributed by atoms with E-state index in [0.29, 0.717) is 197 Å². The number of carbonyl (C=O) groups is 7. The maximum absolute atomic E-state index is 14.9. The van der Waals surface area contributed by atoms with Crippen molar-refractivity contribution in [3.05, 3.63) is 131 Å². The molecule has 132 heavy (non-hydrogen) atoms. The fourth-order valence-electron chi connectivity index (χ4n) is 19.2. The summed E-state index contributed by atoms with van der Waals surface area (Å²) in [5.41, 5.74) is 15.7. The summed E-state index contributed by atoms with van der Waals surface area (Å²) >= 11 is 0. The number of amides is 3. The van der Waals surface area contributed by atoms with Crippen LogP contribution < -0.4 is 10.6 Å². The predicted octanol–water partition coefficient (Wildman–Crippen LogP) is 9.67. The molecular formula is C98H136N14O20. The number of rotatable bonds is 29. The Kier molecular flexibility index (Phi) is 36.3. The van der Waals surface area contributed by atoms with E-state index in [9.17, 15) is 43.8 Å². The number of methoxy groups -OCH3 is 3. The van der Waals surface area contributed by atoms with Gasteiger partial charge in [-0.15, -0.1) is 0 Å². The molecule has 4 fully saturated rings. The van der Waals surface area contributed by atoms with Crippen molar-refractivity contribution in [2.45, 2.75) is 219 Å². The van der Waals surface area contributed by atoms with Gasteiger partial charge in [0.1, 0.15) is 59.7 Å². The lowest BCUT2D eigenvalue weighted by Gasteiger charge is -2.42. The number of nitrogens with zero attached hydrogens (tertiary/aromatic N) is 12. The summed E-state index contributed by atoms with van der Waals surface area (Å²) < 4.78 is 67.3. The summed E-state index contributed by atoms with van der Waals surface area (Å²) in [5.74, 6) is -7.55.